The highest BCUT2D eigenvalue weighted by Crippen LogP contribution is 2.23. The number of rotatable bonds is 3. The number of hydrogen-bond donors (Lipinski definition) is 2. The van der Waals surface area contributed by atoms with Crippen LogP contribution in [0.15, 0.2) is 42.5 Å². The highest BCUT2D eigenvalue weighted by molar-refractivity contribution is 5.94. The van der Waals surface area contributed by atoms with E-state index in [2.05, 4.69) is 15.3 Å². The first-order valence-corrected chi connectivity index (χ1v) is 6.89. The van der Waals surface area contributed by atoms with Crippen LogP contribution in [0.25, 0.3) is 22.4 Å². The van der Waals surface area contributed by atoms with Crippen LogP contribution in [-0.2, 0) is 4.79 Å². The Labute approximate surface area is 127 Å². The fraction of sp³-hybridized carbons (Fsp3) is 0.118. The number of nitrogens with one attached hydrogen (secondary N) is 2. The predicted molar refractivity (Wildman–Crippen MR) is 85.1 cm³/mol. The largest absolute Gasteiger partial charge is 0.338 e. The number of nitriles is 1. The maximum Gasteiger partial charge on any atom is 0.238 e. The average molecular weight is 290 g/mol. The molecule has 0 atom stereocenters. The van der Waals surface area contributed by atoms with E-state index in [0.717, 1.165) is 22.4 Å². The molecule has 3 aromatic rings. The molecule has 1 heterocycles. The summed E-state index contributed by atoms with van der Waals surface area (Å²) in [6.07, 6.45) is -0.157. The minimum Gasteiger partial charge on any atom is -0.338 e. The standard InChI is InChI=1S/C17H14N4O/c1-11-2-4-12(5-3-11)17-20-14-7-6-13(10-15(14)21-17)19-16(22)8-9-18/h2-7,10H,8H2,1H3,(H,19,22)(H,20,21). The van der Waals surface area contributed by atoms with Crippen LogP contribution in [0.5, 0.6) is 0 Å². The second-order valence-electron chi connectivity index (χ2n) is 5.07. The third kappa shape index (κ3) is 2.81. The molecule has 0 aliphatic heterocycles. The van der Waals surface area contributed by atoms with Crippen molar-refractivity contribution in [2.75, 3.05) is 5.32 Å². The molecule has 22 heavy (non-hydrogen) atoms. The fourth-order valence-electron chi connectivity index (χ4n) is 2.21. The monoisotopic (exact) mass is 290 g/mol. The molecule has 0 bridgehead atoms. The minimum atomic E-state index is -0.319. The van der Waals surface area contributed by atoms with Crippen LogP contribution in [0.4, 0.5) is 5.69 Å². The molecule has 2 aromatic carbocycles. The van der Waals surface area contributed by atoms with Crippen LogP contribution in [0.1, 0.15) is 12.0 Å². The Morgan fingerprint density at radius 2 is 2.05 bits per heavy atom. The van der Waals surface area contributed by atoms with Gasteiger partial charge in [0.05, 0.1) is 17.1 Å². The molecule has 0 fully saturated rings. The van der Waals surface area contributed by atoms with Crippen LogP contribution >= 0.6 is 0 Å². The Hall–Kier alpha value is -3.13. The normalized spacial score (nSPS) is 10.4. The lowest BCUT2D eigenvalue weighted by Crippen LogP contribution is -2.09. The van der Waals surface area contributed by atoms with Gasteiger partial charge < -0.3 is 10.3 Å². The first kappa shape index (κ1) is 13.8. The molecule has 0 spiro atoms. The van der Waals surface area contributed by atoms with E-state index in [1.807, 2.05) is 49.4 Å². The number of aryl methyl sites for hydroxylation is 1. The van der Waals surface area contributed by atoms with Crippen molar-refractivity contribution in [2.24, 2.45) is 0 Å². The lowest BCUT2D eigenvalue weighted by atomic mass is 10.1. The number of aromatic amines is 1. The highest BCUT2D eigenvalue weighted by Gasteiger charge is 2.07. The number of H-pyrrole nitrogens is 1. The van der Waals surface area contributed by atoms with Gasteiger partial charge in [-0.1, -0.05) is 29.8 Å². The summed E-state index contributed by atoms with van der Waals surface area (Å²) in [7, 11) is 0. The van der Waals surface area contributed by atoms with Crippen molar-refractivity contribution < 1.29 is 4.79 Å². The Morgan fingerprint density at radius 1 is 1.27 bits per heavy atom. The zero-order valence-corrected chi connectivity index (χ0v) is 12.1. The molecular weight excluding hydrogens is 276 g/mol. The van der Waals surface area contributed by atoms with Gasteiger partial charge in [-0.05, 0) is 25.1 Å². The van der Waals surface area contributed by atoms with Gasteiger partial charge in [0.1, 0.15) is 12.2 Å². The number of amides is 1. The first-order chi connectivity index (χ1) is 10.7. The zero-order chi connectivity index (χ0) is 15.5. The molecule has 3 rings (SSSR count). The topological polar surface area (TPSA) is 81.6 Å². The quantitative estimate of drug-likeness (QED) is 0.775. The number of benzene rings is 2. The summed E-state index contributed by atoms with van der Waals surface area (Å²) >= 11 is 0. The van der Waals surface area contributed by atoms with Crippen LogP contribution in [0.2, 0.25) is 0 Å². The summed E-state index contributed by atoms with van der Waals surface area (Å²) in [5, 5.41) is 11.2. The smallest absolute Gasteiger partial charge is 0.238 e. The zero-order valence-electron chi connectivity index (χ0n) is 12.1. The molecule has 1 aromatic heterocycles. The van der Waals surface area contributed by atoms with E-state index in [1.165, 1.54) is 5.56 Å². The van der Waals surface area contributed by atoms with Crippen molar-refractivity contribution >= 4 is 22.6 Å². The maximum absolute atomic E-state index is 11.4. The van der Waals surface area contributed by atoms with Gasteiger partial charge in [-0.3, -0.25) is 4.79 Å². The van der Waals surface area contributed by atoms with E-state index in [0.29, 0.717) is 5.69 Å². The van der Waals surface area contributed by atoms with E-state index >= 15 is 0 Å². The molecule has 0 saturated carbocycles. The van der Waals surface area contributed by atoms with Gasteiger partial charge in [0.25, 0.3) is 0 Å². The summed E-state index contributed by atoms with van der Waals surface area (Å²) in [6, 6.07) is 15.4. The highest BCUT2D eigenvalue weighted by atomic mass is 16.1. The average Bonchev–Trinajstić information content (AvgIpc) is 2.91. The molecule has 2 N–H and O–H groups in total. The molecule has 0 unspecified atom stereocenters. The number of hydrogen-bond acceptors (Lipinski definition) is 3. The second kappa shape index (κ2) is 5.70. The van der Waals surface area contributed by atoms with Crippen molar-refractivity contribution in [3.63, 3.8) is 0 Å². The molecule has 0 radical (unpaired) electrons. The van der Waals surface area contributed by atoms with E-state index < -0.39 is 0 Å². The Morgan fingerprint density at radius 3 is 2.77 bits per heavy atom. The molecular formula is C17H14N4O. The van der Waals surface area contributed by atoms with E-state index in [1.54, 1.807) is 6.07 Å². The lowest BCUT2D eigenvalue weighted by molar-refractivity contribution is -0.115. The minimum absolute atomic E-state index is 0.157. The van der Waals surface area contributed by atoms with Crippen molar-refractivity contribution in [3.8, 4) is 17.5 Å². The van der Waals surface area contributed by atoms with Crippen molar-refractivity contribution in [1.82, 2.24) is 9.97 Å². The maximum atomic E-state index is 11.4. The molecule has 5 heteroatoms. The Balaban J connectivity index is 1.92. The first-order valence-electron chi connectivity index (χ1n) is 6.89. The van der Waals surface area contributed by atoms with E-state index in [9.17, 15) is 4.79 Å². The number of aromatic nitrogens is 2. The summed E-state index contributed by atoms with van der Waals surface area (Å²) < 4.78 is 0. The van der Waals surface area contributed by atoms with Gasteiger partial charge in [-0.2, -0.15) is 5.26 Å². The van der Waals surface area contributed by atoms with Gasteiger partial charge in [-0.25, -0.2) is 4.98 Å². The van der Waals surface area contributed by atoms with Crippen molar-refractivity contribution in [2.45, 2.75) is 13.3 Å². The summed E-state index contributed by atoms with van der Waals surface area (Å²) in [5.74, 6) is 0.468. The third-order valence-corrected chi connectivity index (χ3v) is 3.33. The molecule has 0 saturated heterocycles. The molecule has 5 nitrogen and oxygen atoms in total. The SMILES string of the molecule is Cc1ccc(-c2nc3ccc(NC(=O)CC#N)cc3[nH]2)cc1. The number of carbonyl (C=O) groups excluding carboxylic acids is 1. The molecule has 1 amide bonds. The van der Waals surface area contributed by atoms with Gasteiger partial charge in [0, 0.05) is 11.3 Å². The molecule has 0 aliphatic rings. The van der Waals surface area contributed by atoms with E-state index in [4.69, 9.17) is 5.26 Å². The fourth-order valence-corrected chi connectivity index (χ4v) is 2.21. The van der Waals surface area contributed by atoms with Crippen LogP contribution in [0.3, 0.4) is 0 Å². The third-order valence-electron chi connectivity index (χ3n) is 3.33. The second-order valence-corrected chi connectivity index (χ2v) is 5.07. The predicted octanol–water partition coefficient (Wildman–Crippen LogP) is 3.39. The van der Waals surface area contributed by atoms with Crippen molar-refractivity contribution in [1.29, 1.82) is 5.26 Å². The van der Waals surface area contributed by atoms with Gasteiger partial charge >= 0.3 is 0 Å². The number of anilines is 1. The van der Waals surface area contributed by atoms with Gasteiger partial charge in [0.2, 0.25) is 5.91 Å². The number of imidazole rings is 1. The Bertz CT molecular complexity index is 872. The molecule has 0 aliphatic carbocycles. The van der Waals surface area contributed by atoms with Crippen LogP contribution in [0, 0.1) is 18.3 Å². The van der Waals surface area contributed by atoms with Crippen LogP contribution in [-0.4, -0.2) is 15.9 Å². The molecule has 108 valence electrons. The summed E-state index contributed by atoms with van der Waals surface area (Å²) in [5.41, 5.74) is 4.52. The van der Waals surface area contributed by atoms with Gasteiger partial charge in [-0.15, -0.1) is 0 Å². The van der Waals surface area contributed by atoms with Crippen molar-refractivity contribution in [3.05, 3.63) is 48.0 Å². The Kier molecular flexibility index (Phi) is 3.58. The summed E-state index contributed by atoms with van der Waals surface area (Å²) in [6.45, 7) is 2.04. The number of carbonyl (C=O) groups is 1. The van der Waals surface area contributed by atoms with E-state index in [-0.39, 0.29) is 12.3 Å². The van der Waals surface area contributed by atoms with Gasteiger partial charge in [0.15, 0.2) is 0 Å². The number of nitrogens with zero attached hydrogens (tertiary/aromatic N) is 2. The number of fused-ring (bicyclic) bond motifs is 1. The van der Waals surface area contributed by atoms with Crippen LogP contribution < -0.4 is 5.32 Å². The summed E-state index contributed by atoms with van der Waals surface area (Å²) in [4.78, 5) is 19.2. The lowest BCUT2D eigenvalue weighted by Gasteiger charge is -2.01.